The van der Waals surface area contributed by atoms with Gasteiger partial charge < -0.3 is 9.47 Å². The molecule has 5 nitrogen and oxygen atoms in total. The van der Waals surface area contributed by atoms with E-state index in [0.29, 0.717) is 5.56 Å². The van der Waals surface area contributed by atoms with E-state index in [1.807, 2.05) is 5.32 Å². The van der Waals surface area contributed by atoms with Crippen LogP contribution in [0.15, 0.2) is 42.5 Å². The average Bonchev–Trinajstić information content (AvgIpc) is 2.80. The molecule has 1 N–H and O–H groups in total. The number of nitrogens with one attached hydrogen (secondary N) is 1. The van der Waals surface area contributed by atoms with Crippen LogP contribution >= 0.6 is 0 Å². The van der Waals surface area contributed by atoms with Crippen molar-refractivity contribution in [1.82, 2.24) is 5.32 Å². The van der Waals surface area contributed by atoms with Crippen LogP contribution in [0.4, 0.5) is 13.2 Å². The minimum absolute atomic E-state index is 0.0578. The number of ether oxygens (including phenoxy) is 2. The van der Waals surface area contributed by atoms with Crippen LogP contribution in [0, 0.1) is 0 Å². The summed E-state index contributed by atoms with van der Waals surface area (Å²) in [6, 6.07) is 10.7. The van der Waals surface area contributed by atoms with Gasteiger partial charge in [0, 0.05) is 0 Å². The molecule has 1 aliphatic rings. The number of amides is 2. The number of hydrogen-bond donors (Lipinski definition) is 1. The van der Waals surface area contributed by atoms with Gasteiger partial charge in [-0.05, 0) is 17.7 Å². The van der Waals surface area contributed by atoms with Gasteiger partial charge in [0.2, 0.25) is 0 Å². The zero-order chi connectivity index (χ0) is 17.3. The lowest BCUT2D eigenvalue weighted by molar-refractivity contribution is -0.275. The highest BCUT2D eigenvalue weighted by molar-refractivity contribution is 6.23. The van der Waals surface area contributed by atoms with Crippen molar-refractivity contribution in [2.75, 3.05) is 0 Å². The van der Waals surface area contributed by atoms with Gasteiger partial charge in [0.25, 0.3) is 11.8 Å². The Kier molecular flexibility index (Phi) is 3.88. The summed E-state index contributed by atoms with van der Waals surface area (Å²) in [6.07, 6.45) is -4.96. The van der Waals surface area contributed by atoms with E-state index in [2.05, 4.69) is 4.74 Å². The summed E-state index contributed by atoms with van der Waals surface area (Å²) in [6.45, 7) is -0.0903. The topological polar surface area (TPSA) is 64.6 Å². The predicted molar refractivity (Wildman–Crippen MR) is 75.7 cm³/mol. The third-order valence-corrected chi connectivity index (χ3v) is 3.27. The van der Waals surface area contributed by atoms with Crippen molar-refractivity contribution in [3.05, 3.63) is 59.2 Å². The maximum atomic E-state index is 12.6. The van der Waals surface area contributed by atoms with Gasteiger partial charge in [-0.2, -0.15) is 0 Å². The van der Waals surface area contributed by atoms with Gasteiger partial charge >= 0.3 is 6.36 Å². The van der Waals surface area contributed by atoms with Crippen LogP contribution in [0.3, 0.4) is 0 Å². The first kappa shape index (κ1) is 15.9. The van der Waals surface area contributed by atoms with Gasteiger partial charge in [-0.3, -0.25) is 14.9 Å². The van der Waals surface area contributed by atoms with Crippen molar-refractivity contribution in [2.24, 2.45) is 0 Å². The number of carbonyl (C=O) groups is 2. The van der Waals surface area contributed by atoms with Crippen LogP contribution in [0.25, 0.3) is 0 Å². The van der Waals surface area contributed by atoms with Crippen molar-refractivity contribution < 1.29 is 32.2 Å². The quantitative estimate of drug-likeness (QED) is 0.871. The molecule has 3 rings (SSSR count). The minimum atomic E-state index is -4.96. The van der Waals surface area contributed by atoms with Crippen LogP contribution < -0.4 is 14.8 Å². The van der Waals surface area contributed by atoms with Crippen molar-refractivity contribution in [3.8, 4) is 11.5 Å². The SMILES string of the molecule is O=C1NC(=O)c2c1ccc(OC(F)(F)F)c2OCc1ccccc1. The second-order valence-corrected chi connectivity index (χ2v) is 4.92. The summed E-state index contributed by atoms with van der Waals surface area (Å²) in [5.74, 6) is -2.62. The molecule has 0 bridgehead atoms. The predicted octanol–water partition coefficient (Wildman–Crippen LogP) is 3.05. The first-order chi connectivity index (χ1) is 11.3. The Morgan fingerprint density at radius 2 is 1.67 bits per heavy atom. The van der Waals surface area contributed by atoms with E-state index in [1.165, 1.54) is 0 Å². The molecule has 0 saturated heterocycles. The summed E-state index contributed by atoms with van der Waals surface area (Å²) in [4.78, 5) is 23.5. The van der Waals surface area contributed by atoms with E-state index in [0.717, 1.165) is 12.1 Å². The largest absolute Gasteiger partial charge is 0.573 e. The Balaban J connectivity index is 2.00. The minimum Gasteiger partial charge on any atom is -0.484 e. The van der Waals surface area contributed by atoms with Crippen molar-refractivity contribution in [1.29, 1.82) is 0 Å². The van der Waals surface area contributed by atoms with E-state index in [4.69, 9.17) is 4.74 Å². The fourth-order valence-corrected chi connectivity index (χ4v) is 2.29. The molecule has 0 fully saturated rings. The molecule has 2 aromatic carbocycles. The number of rotatable bonds is 4. The van der Waals surface area contributed by atoms with E-state index >= 15 is 0 Å². The first-order valence-electron chi connectivity index (χ1n) is 6.80. The number of imide groups is 1. The Hall–Kier alpha value is -3.03. The number of carbonyl (C=O) groups excluding carboxylic acids is 2. The van der Waals surface area contributed by atoms with Gasteiger partial charge in [0.05, 0.1) is 11.1 Å². The monoisotopic (exact) mass is 337 g/mol. The first-order valence-corrected chi connectivity index (χ1v) is 6.80. The fourth-order valence-electron chi connectivity index (χ4n) is 2.29. The van der Waals surface area contributed by atoms with E-state index in [1.54, 1.807) is 30.3 Å². The summed E-state index contributed by atoms with van der Waals surface area (Å²) in [7, 11) is 0. The molecule has 2 aromatic rings. The van der Waals surface area contributed by atoms with Gasteiger partial charge in [-0.1, -0.05) is 30.3 Å². The standard InChI is InChI=1S/C16H10F3NO4/c17-16(18,19)24-11-7-6-10-12(15(22)20-14(10)21)13(11)23-8-9-4-2-1-3-5-9/h1-7H,8H2,(H,20,21,22). The molecule has 0 aliphatic carbocycles. The Morgan fingerprint density at radius 1 is 0.958 bits per heavy atom. The molecule has 0 aromatic heterocycles. The van der Waals surface area contributed by atoms with E-state index < -0.39 is 29.7 Å². The van der Waals surface area contributed by atoms with Gasteiger partial charge in [-0.25, -0.2) is 0 Å². The maximum absolute atomic E-state index is 12.6. The average molecular weight is 337 g/mol. The molecule has 2 amide bonds. The molecule has 24 heavy (non-hydrogen) atoms. The summed E-state index contributed by atoms with van der Waals surface area (Å²) in [5.41, 5.74) is 0.355. The summed E-state index contributed by atoms with van der Waals surface area (Å²) in [5, 5.41) is 2.02. The fraction of sp³-hybridized carbons (Fsp3) is 0.125. The molecule has 0 unspecified atom stereocenters. The van der Waals surface area contributed by atoms with Gasteiger partial charge in [-0.15, -0.1) is 13.2 Å². The maximum Gasteiger partial charge on any atom is 0.573 e. The second kappa shape index (κ2) is 5.88. The number of fused-ring (bicyclic) bond motifs is 1. The molecule has 8 heteroatoms. The van der Waals surface area contributed by atoms with Crippen molar-refractivity contribution >= 4 is 11.8 Å². The second-order valence-electron chi connectivity index (χ2n) is 4.92. The Labute approximate surface area is 134 Å². The lowest BCUT2D eigenvalue weighted by atomic mass is 10.1. The summed E-state index contributed by atoms with van der Waals surface area (Å²) >= 11 is 0. The Bertz CT molecular complexity index is 803. The summed E-state index contributed by atoms with van der Waals surface area (Å²) < 4.78 is 47.0. The van der Waals surface area contributed by atoms with E-state index in [-0.39, 0.29) is 17.7 Å². The molecule has 1 heterocycles. The number of hydrogen-bond acceptors (Lipinski definition) is 4. The smallest absolute Gasteiger partial charge is 0.484 e. The molecule has 124 valence electrons. The zero-order valence-electron chi connectivity index (χ0n) is 12.0. The lowest BCUT2D eigenvalue weighted by Gasteiger charge is -2.16. The molecular weight excluding hydrogens is 327 g/mol. The van der Waals surface area contributed by atoms with E-state index in [9.17, 15) is 22.8 Å². The van der Waals surface area contributed by atoms with Crippen LogP contribution in [0.1, 0.15) is 26.3 Å². The molecule has 1 aliphatic heterocycles. The highest BCUT2D eigenvalue weighted by atomic mass is 19.4. The lowest BCUT2D eigenvalue weighted by Crippen LogP contribution is -2.20. The molecule has 0 saturated carbocycles. The normalized spacial score (nSPS) is 13.5. The van der Waals surface area contributed by atoms with Crippen LogP contribution in [0.2, 0.25) is 0 Å². The third kappa shape index (κ3) is 3.17. The Morgan fingerprint density at radius 3 is 2.33 bits per heavy atom. The van der Waals surface area contributed by atoms with Crippen LogP contribution in [-0.2, 0) is 6.61 Å². The van der Waals surface area contributed by atoms with Crippen molar-refractivity contribution in [2.45, 2.75) is 13.0 Å². The van der Waals surface area contributed by atoms with Crippen LogP contribution in [-0.4, -0.2) is 18.2 Å². The van der Waals surface area contributed by atoms with Crippen molar-refractivity contribution in [3.63, 3.8) is 0 Å². The highest BCUT2D eigenvalue weighted by Crippen LogP contribution is 2.39. The molecule has 0 spiro atoms. The van der Waals surface area contributed by atoms with Gasteiger partial charge in [0.15, 0.2) is 11.5 Å². The molecule has 0 atom stereocenters. The number of halogens is 3. The van der Waals surface area contributed by atoms with Gasteiger partial charge in [0.1, 0.15) is 6.61 Å². The third-order valence-electron chi connectivity index (χ3n) is 3.27. The highest BCUT2D eigenvalue weighted by Gasteiger charge is 2.37. The molecule has 0 radical (unpaired) electrons. The molecular formula is C16H10F3NO4. The number of benzene rings is 2. The van der Waals surface area contributed by atoms with Crippen LogP contribution in [0.5, 0.6) is 11.5 Å². The zero-order valence-corrected chi connectivity index (χ0v) is 12.0. The number of alkyl halides is 3.